The Morgan fingerprint density at radius 1 is 1.22 bits per heavy atom. The van der Waals surface area contributed by atoms with Gasteiger partial charge in [0.15, 0.2) is 0 Å². The third kappa shape index (κ3) is 5.58. The number of methoxy groups -OCH3 is 1. The van der Waals surface area contributed by atoms with Crippen molar-refractivity contribution in [1.82, 2.24) is 4.90 Å². The van der Waals surface area contributed by atoms with Crippen LogP contribution in [0.15, 0.2) is 48.5 Å². The minimum absolute atomic E-state index is 0.0536. The standard InChI is InChI=1S/C18H21ClN2O2/c1-3-21(12-14-6-4-7-15(19)10-14)13-18(22)20-16-8-5-9-17(11-16)23-2/h4-11H,3,12-13H2,1-2H3,(H,20,22). The number of ether oxygens (including phenoxy) is 1. The summed E-state index contributed by atoms with van der Waals surface area (Å²) in [6.45, 7) is 3.81. The first-order chi connectivity index (χ1) is 11.1. The van der Waals surface area contributed by atoms with E-state index in [0.29, 0.717) is 23.9 Å². The maximum absolute atomic E-state index is 12.2. The third-order valence-electron chi connectivity index (χ3n) is 3.46. The van der Waals surface area contributed by atoms with Gasteiger partial charge in [0.05, 0.1) is 13.7 Å². The predicted octanol–water partition coefficient (Wildman–Crippen LogP) is 3.81. The zero-order valence-corrected chi connectivity index (χ0v) is 14.1. The molecule has 0 fully saturated rings. The molecule has 1 amide bonds. The van der Waals surface area contributed by atoms with E-state index < -0.39 is 0 Å². The maximum atomic E-state index is 12.2. The molecule has 0 aliphatic heterocycles. The van der Waals surface area contributed by atoms with Crippen LogP contribution >= 0.6 is 11.6 Å². The molecule has 5 heteroatoms. The third-order valence-corrected chi connectivity index (χ3v) is 3.70. The highest BCUT2D eigenvalue weighted by molar-refractivity contribution is 6.30. The number of hydrogen-bond acceptors (Lipinski definition) is 3. The number of hydrogen-bond donors (Lipinski definition) is 1. The Hall–Kier alpha value is -2.04. The largest absolute Gasteiger partial charge is 0.497 e. The molecule has 0 saturated heterocycles. The highest BCUT2D eigenvalue weighted by atomic mass is 35.5. The second-order valence-electron chi connectivity index (χ2n) is 5.21. The minimum Gasteiger partial charge on any atom is -0.497 e. The second kappa shape index (κ2) is 8.56. The normalized spacial score (nSPS) is 10.6. The van der Waals surface area contributed by atoms with E-state index in [-0.39, 0.29) is 5.91 Å². The molecular formula is C18H21ClN2O2. The smallest absolute Gasteiger partial charge is 0.238 e. The molecule has 0 atom stereocenters. The quantitative estimate of drug-likeness (QED) is 0.838. The van der Waals surface area contributed by atoms with Gasteiger partial charge in [0.25, 0.3) is 0 Å². The van der Waals surface area contributed by atoms with Crippen LogP contribution in [0.1, 0.15) is 12.5 Å². The van der Waals surface area contributed by atoms with Crippen LogP contribution in [-0.2, 0) is 11.3 Å². The van der Waals surface area contributed by atoms with Crippen molar-refractivity contribution >= 4 is 23.2 Å². The Kier molecular flexibility index (Phi) is 6.44. The van der Waals surface area contributed by atoms with Crippen LogP contribution in [0.4, 0.5) is 5.69 Å². The zero-order chi connectivity index (χ0) is 16.7. The van der Waals surface area contributed by atoms with Crippen molar-refractivity contribution in [2.45, 2.75) is 13.5 Å². The molecule has 122 valence electrons. The van der Waals surface area contributed by atoms with Gasteiger partial charge in [0.2, 0.25) is 5.91 Å². The monoisotopic (exact) mass is 332 g/mol. The molecule has 0 heterocycles. The lowest BCUT2D eigenvalue weighted by atomic mass is 10.2. The Morgan fingerprint density at radius 2 is 2.00 bits per heavy atom. The molecule has 0 unspecified atom stereocenters. The molecule has 0 aliphatic carbocycles. The van der Waals surface area contributed by atoms with Gasteiger partial charge >= 0.3 is 0 Å². The summed E-state index contributed by atoms with van der Waals surface area (Å²) < 4.78 is 5.15. The number of likely N-dealkylation sites (N-methyl/N-ethyl adjacent to an activating group) is 1. The summed E-state index contributed by atoms with van der Waals surface area (Å²) in [6.07, 6.45) is 0. The number of nitrogens with one attached hydrogen (secondary N) is 1. The van der Waals surface area contributed by atoms with Gasteiger partial charge in [-0.15, -0.1) is 0 Å². The predicted molar refractivity (Wildman–Crippen MR) is 94.0 cm³/mol. The van der Waals surface area contributed by atoms with E-state index in [9.17, 15) is 4.79 Å². The Morgan fingerprint density at radius 3 is 2.70 bits per heavy atom. The fourth-order valence-electron chi connectivity index (χ4n) is 2.28. The van der Waals surface area contributed by atoms with Crippen LogP contribution < -0.4 is 10.1 Å². The van der Waals surface area contributed by atoms with E-state index in [4.69, 9.17) is 16.3 Å². The number of nitrogens with zero attached hydrogens (tertiary/aromatic N) is 1. The van der Waals surface area contributed by atoms with Crippen LogP contribution in [0, 0.1) is 0 Å². The van der Waals surface area contributed by atoms with E-state index in [1.54, 1.807) is 13.2 Å². The molecule has 0 radical (unpaired) electrons. The van der Waals surface area contributed by atoms with Gasteiger partial charge in [0.1, 0.15) is 5.75 Å². The fraction of sp³-hybridized carbons (Fsp3) is 0.278. The second-order valence-corrected chi connectivity index (χ2v) is 5.65. The summed E-state index contributed by atoms with van der Waals surface area (Å²) in [6, 6.07) is 15.0. The molecule has 23 heavy (non-hydrogen) atoms. The van der Waals surface area contributed by atoms with Gasteiger partial charge in [-0.05, 0) is 36.4 Å². The number of carbonyl (C=O) groups is 1. The van der Waals surface area contributed by atoms with Gasteiger partial charge in [-0.1, -0.05) is 36.7 Å². The van der Waals surface area contributed by atoms with Crippen molar-refractivity contribution in [3.05, 3.63) is 59.1 Å². The molecule has 0 spiro atoms. The summed E-state index contributed by atoms with van der Waals surface area (Å²) in [5.74, 6) is 0.663. The molecule has 0 bridgehead atoms. The molecule has 0 aromatic heterocycles. The van der Waals surface area contributed by atoms with Crippen LogP contribution in [0.5, 0.6) is 5.75 Å². The first-order valence-corrected chi connectivity index (χ1v) is 7.89. The van der Waals surface area contributed by atoms with Crippen LogP contribution in [0.3, 0.4) is 0 Å². The lowest BCUT2D eigenvalue weighted by molar-refractivity contribution is -0.117. The minimum atomic E-state index is -0.0536. The zero-order valence-electron chi connectivity index (χ0n) is 13.4. The topological polar surface area (TPSA) is 41.6 Å². The lowest BCUT2D eigenvalue weighted by Crippen LogP contribution is -2.32. The summed E-state index contributed by atoms with van der Waals surface area (Å²) in [4.78, 5) is 14.3. The van der Waals surface area contributed by atoms with Crippen LogP contribution in [0.25, 0.3) is 0 Å². The number of benzene rings is 2. The van der Waals surface area contributed by atoms with Crippen molar-refractivity contribution in [2.75, 3.05) is 25.5 Å². The summed E-state index contributed by atoms with van der Waals surface area (Å²) >= 11 is 6.00. The van der Waals surface area contributed by atoms with Crippen LogP contribution in [0.2, 0.25) is 5.02 Å². The molecule has 2 rings (SSSR count). The Bertz CT molecular complexity index is 661. The summed E-state index contributed by atoms with van der Waals surface area (Å²) in [7, 11) is 1.60. The van der Waals surface area contributed by atoms with E-state index in [2.05, 4.69) is 10.2 Å². The van der Waals surface area contributed by atoms with Crippen molar-refractivity contribution < 1.29 is 9.53 Å². The number of rotatable bonds is 7. The van der Waals surface area contributed by atoms with E-state index in [1.807, 2.05) is 49.4 Å². The molecule has 4 nitrogen and oxygen atoms in total. The van der Waals surface area contributed by atoms with Crippen molar-refractivity contribution in [1.29, 1.82) is 0 Å². The van der Waals surface area contributed by atoms with Crippen molar-refractivity contribution in [3.8, 4) is 5.75 Å². The summed E-state index contributed by atoms with van der Waals surface area (Å²) in [5.41, 5.74) is 1.82. The molecule has 2 aromatic carbocycles. The van der Waals surface area contributed by atoms with E-state index in [0.717, 1.165) is 17.8 Å². The molecule has 2 aromatic rings. The van der Waals surface area contributed by atoms with Gasteiger partial charge < -0.3 is 10.1 Å². The average molecular weight is 333 g/mol. The Balaban J connectivity index is 1.93. The van der Waals surface area contributed by atoms with Gasteiger partial charge in [-0.25, -0.2) is 0 Å². The lowest BCUT2D eigenvalue weighted by Gasteiger charge is -2.20. The first-order valence-electron chi connectivity index (χ1n) is 7.51. The van der Waals surface area contributed by atoms with E-state index in [1.165, 1.54) is 0 Å². The highest BCUT2D eigenvalue weighted by Crippen LogP contribution is 2.17. The van der Waals surface area contributed by atoms with E-state index >= 15 is 0 Å². The van der Waals surface area contributed by atoms with Gasteiger partial charge in [-0.2, -0.15) is 0 Å². The average Bonchev–Trinajstić information content (AvgIpc) is 2.54. The Labute approximate surface area is 142 Å². The summed E-state index contributed by atoms with van der Waals surface area (Å²) in [5, 5.41) is 3.60. The molecule has 0 aliphatic rings. The highest BCUT2D eigenvalue weighted by Gasteiger charge is 2.10. The first kappa shape index (κ1) is 17.3. The SMILES string of the molecule is CCN(CC(=O)Nc1cccc(OC)c1)Cc1cccc(Cl)c1. The fourth-order valence-corrected chi connectivity index (χ4v) is 2.49. The van der Waals surface area contributed by atoms with Crippen molar-refractivity contribution in [3.63, 3.8) is 0 Å². The van der Waals surface area contributed by atoms with Crippen LogP contribution in [-0.4, -0.2) is 31.0 Å². The number of anilines is 1. The molecule has 0 saturated carbocycles. The van der Waals surface area contributed by atoms with Gasteiger partial charge in [-0.3, -0.25) is 9.69 Å². The maximum Gasteiger partial charge on any atom is 0.238 e. The number of amides is 1. The van der Waals surface area contributed by atoms with Crippen molar-refractivity contribution in [2.24, 2.45) is 0 Å². The number of halogens is 1. The molecule has 1 N–H and O–H groups in total. The molecular weight excluding hydrogens is 312 g/mol. The number of carbonyl (C=O) groups excluding carboxylic acids is 1. The van der Waals surface area contributed by atoms with Gasteiger partial charge in [0, 0.05) is 23.3 Å².